The summed E-state index contributed by atoms with van der Waals surface area (Å²) in [5.41, 5.74) is 1.17. The third-order valence-electron chi connectivity index (χ3n) is 4.05. The number of nitrogens with one attached hydrogen (secondary N) is 2. The van der Waals surface area contributed by atoms with Crippen LogP contribution in [0, 0.1) is 0 Å². The van der Waals surface area contributed by atoms with Gasteiger partial charge in [-0.25, -0.2) is 0 Å². The Balaban J connectivity index is 1.86. The molecule has 1 aromatic carbocycles. The van der Waals surface area contributed by atoms with Crippen molar-refractivity contribution in [2.45, 2.75) is 38.2 Å². The van der Waals surface area contributed by atoms with E-state index in [-0.39, 0.29) is 5.41 Å². The van der Waals surface area contributed by atoms with Gasteiger partial charge in [0.15, 0.2) is 5.96 Å². The van der Waals surface area contributed by atoms with Gasteiger partial charge in [0, 0.05) is 37.2 Å². The first-order valence-electron chi connectivity index (χ1n) is 7.83. The topological polar surface area (TPSA) is 45.7 Å². The summed E-state index contributed by atoms with van der Waals surface area (Å²) < 4.78 is 5.62. The second kappa shape index (κ2) is 7.84. The number of benzene rings is 1. The van der Waals surface area contributed by atoms with E-state index in [2.05, 4.69) is 35.5 Å². The number of ether oxygens (including phenoxy) is 1. The van der Waals surface area contributed by atoms with Crippen LogP contribution in [0.25, 0.3) is 0 Å². The van der Waals surface area contributed by atoms with E-state index in [1.165, 1.54) is 5.56 Å². The molecule has 1 heterocycles. The zero-order valence-electron chi connectivity index (χ0n) is 13.7. The molecule has 22 heavy (non-hydrogen) atoms. The molecule has 5 heteroatoms. The summed E-state index contributed by atoms with van der Waals surface area (Å²) in [5, 5.41) is 7.50. The first-order chi connectivity index (χ1) is 10.5. The monoisotopic (exact) mass is 323 g/mol. The minimum Gasteiger partial charge on any atom is -0.376 e. The Labute approximate surface area is 138 Å². The SMILES string of the molecule is CN=C(NCC1CCCO1)NCC(C)(C)c1cccc(Cl)c1. The molecule has 4 nitrogen and oxygen atoms in total. The molecule has 0 radical (unpaired) electrons. The van der Waals surface area contributed by atoms with E-state index in [0.717, 1.165) is 43.5 Å². The van der Waals surface area contributed by atoms with Crippen molar-refractivity contribution in [1.29, 1.82) is 0 Å². The predicted molar refractivity (Wildman–Crippen MR) is 92.8 cm³/mol. The van der Waals surface area contributed by atoms with Gasteiger partial charge in [0.1, 0.15) is 0 Å². The van der Waals surface area contributed by atoms with Gasteiger partial charge in [0.05, 0.1) is 6.10 Å². The first kappa shape index (κ1) is 17.1. The van der Waals surface area contributed by atoms with Crippen molar-refractivity contribution in [3.05, 3.63) is 34.9 Å². The summed E-state index contributed by atoms with van der Waals surface area (Å²) >= 11 is 6.09. The zero-order chi connectivity index (χ0) is 16.0. The Bertz CT molecular complexity index is 510. The van der Waals surface area contributed by atoms with Gasteiger partial charge in [-0.1, -0.05) is 37.6 Å². The maximum atomic E-state index is 6.09. The van der Waals surface area contributed by atoms with Gasteiger partial charge >= 0.3 is 0 Å². The highest BCUT2D eigenvalue weighted by molar-refractivity contribution is 6.30. The van der Waals surface area contributed by atoms with Gasteiger partial charge in [-0.3, -0.25) is 4.99 Å². The maximum absolute atomic E-state index is 6.09. The Morgan fingerprint density at radius 3 is 2.86 bits per heavy atom. The third-order valence-corrected chi connectivity index (χ3v) is 4.28. The number of rotatable bonds is 5. The van der Waals surface area contributed by atoms with Crippen molar-refractivity contribution in [2.75, 3.05) is 26.7 Å². The molecule has 1 atom stereocenters. The standard InChI is InChI=1S/C17H26ClN3O/c1-17(2,13-6-4-7-14(18)10-13)12-21-16(19-3)20-11-15-8-5-9-22-15/h4,6-7,10,15H,5,8-9,11-12H2,1-3H3,(H2,19,20,21). The highest BCUT2D eigenvalue weighted by Gasteiger charge is 2.21. The summed E-state index contributed by atoms with van der Waals surface area (Å²) in [5.74, 6) is 0.811. The Kier molecular flexibility index (Phi) is 6.09. The highest BCUT2D eigenvalue weighted by atomic mass is 35.5. The van der Waals surface area contributed by atoms with E-state index >= 15 is 0 Å². The molecule has 0 aliphatic carbocycles. The largest absolute Gasteiger partial charge is 0.376 e. The Hall–Kier alpha value is -1.26. The molecule has 2 rings (SSSR count). The van der Waals surface area contributed by atoms with Crippen LogP contribution in [0.3, 0.4) is 0 Å². The molecule has 0 bridgehead atoms. The molecule has 1 unspecified atom stereocenters. The minimum atomic E-state index is -0.0353. The molecule has 1 fully saturated rings. The number of hydrogen-bond acceptors (Lipinski definition) is 2. The normalized spacial score (nSPS) is 19.3. The summed E-state index contributed by atoms with van der Waals surface area (Å²) in [6, 6.07) is 8.02. The van der Waals surface area contributed by atoms with Crippen LogP contribution in [0.4, 0.5) is 0 Å². The number of guanidine groups is 1. The lowest BCUT2D eigenvalue weighted by molar-refractivity contribution is 0.114. The van der Waals surface area contributed by atoms with Gasteiger partial charge in [0.2, 0.25) is 0 Å². The van der Waals surface area contributed by atoms with Gasteiger partial charge in [0.25, 0.3) is 0 Å². The lowest BCUT2D eigenvalue weighted by Gasteiger charge is -2.27. The van der Waals surface area contributed by atoms with Crippen LogP contribution in [0.5, 0.6) is 0 Å². The predicted octanol–water partition coefficient (Wildman–Crippen LogP) is 2.96. The van der Waals surface area contributed by atoms with Crippen LogP contribution in [0.2, 0.25) is 5.02 Å². The van der Waals surface area contributed by atoms with Crippen molar-refractivity contribution in [2.24, 2.45) is 4.99 Å². The number of hydrogen-bond donors (Lipinski definition) is 2. The van der Waals surface area contributed by atoms with Crippen LogP contribution < -0.4 is 10.6 Å². The molecular weight excluding hydrogens is 298 g/mol. The van der Waals surface area contributed by atoms with Crippen LogP contribution >= 0.6 is 11.6 Å². The molecule has 0 spiro atoms. The van der Waals surface area contributed by atoms with Crippen LogP contribution in [0.1, 0.15) is 32.3 Å². The van der Waals surface area contributed by atoms with Crippen molar-refractivity contribution < 1.29 is 4.74 Å². The van der Waals surface area contributed by atoms with Crippen molar-refractivity contribution >= 4 is 17.6 Å². The van der Waals surface area contributed by atoms with Crippen LogP contribution in [-0.4, -0.2) is 38.8 Å². The van der Waals surface area contributed by atoms with E-state index in [4.69, 9.17) is 16.3 Å². The zero-order valence-corrected chi connectivity index (χ0v) is 14.4. The molecule has 0 saturated carbocycles. The average molecular weight is 324 g/mol. The molecule has 0 amide bonds. The van der Waals surface area contributed by atoms with Gasteiger partial charge in [-0.05, 0) is 30.5 Å². The van der Waals surface area contributed by atoms with Crippen LogP contribution in [-0.2, 0) is 10.2 Å². The van der Waals surface area contributed by atoms with E-state index in [1.54, 1.807) is 7.05 Å². The molecular formula is C17H26ClN3O. The van der Waals surface area contributed by atoms with Gasteiger partial charge in [-0.15, -0.1) is 0 Å². The molecule has 1 aliphatic rings. The van der Waals surface area contributed by atoms with E-state index in [0.29, 0.717) is 6.10 Å². The average Bonchev–Trinajstić information content (AvgIpc) is 3.01. The van der Waals surface area contributed by atoms with Gasteiger partial charge in [-0.2, -0.15) is 0 Å². The number of halogens is 1. The fraction of sp³-hybridized carbons (Fsp3) is 0.588. The van der Waals surface area contributed by atoms with Gasteiger partial charge < -0.3 is 15.4 Å². The second-order valence-corrected chi connectivity index (χ2v) is 6.77. The van der Waals surface area contributed by atoms with Crippen molar-refractivity contribution in [3.63, 3.8) is 0 Å². The number of aliphatic imine (C=N–C) groups is 1. The second-order valence-electron chi connectivity index (χ2n) is 6.34. The summed E-state index contributed by atoms with van der Waals surface area (Å²) in [4.78, 5) is 4.28. The molecule has 122 valence electrons. The minimum absolute atomic E-state index is 0.0353. The van der Waals surface area contributed by atoms with E-state index in [9.17, 15) is 0 Å². The summed E-state index contributed by atoms with van der Waals surface area (Å²) in [7, 11) is 1.79. The van der Waals surface area contributed by atoms with Crippen molar-refractivity contribution in [1.82, 2.24) is 10.6 Å². The highest BCUT2D eigenvalue weighted by Crippen LogP contribution is 2.24. The summed E-state index contributed by atoms with van der Waals surface area (Å²) in [6.45, 7) is 6.84. The Morgan fingerprint density at radius 1 is 1.41 bits per heavy atom. The third kappa shape index (κ3) is 4.89. The molecule has 0 aromatic heterocycles. The lowest BCUT2D eigenvalue weighted by Crippen LogP contribution is -2.45. The molecule has 1 saturated heterocycles. The Morgan fingerprint density at radius 2 is 2.23 bits per heavy atom. The van der Waals surface area contributed by atoms with E-state index < -0.39 is 0 Å². The molecule has 1 aliphatic heterocycles. The van der Waals surface area contributed by atoms with Crippen molar-refractivity contribution in [3.8, 4) is 0 Å². The quantitative estimate of drug-likeness (QED) is 0.647. The fourth-order valence-electron chi connectivity index (χ4n) is 2.55. The molecule has 2 N–H and O–H groups in total. The fourth-order valence-corrected chi connectivity index (χ4v) is 2.74. The number of nitrogens with zero attached hydrogens (tertiary/aromatic N) is 1. The molecule has 1 aromatic rings. The first-order valence-corrected chi connectivity index (χ1v) is 8.21. The van der Waals surface area contributed by atoms with Crippen LogP contribution in [0.15, 0.2) is 29.3 Å². The maximum Gasteiger partial charge on any atom is 0.191 e. The smallest absolute Gasteiger partial charge is 0.191 e. The van der Waals surface area contributed by atoms with E-state index in [1.807, 2.05) is 18.2 Å². The summed E-state index contributed by atoms with van der Waals surface area (Å²) in [6.07, 6.45) is 2.58. The lowest BCUT2D eigenvalue weighted by atomic mass is 9.84.